The first kappa shape index (κ1) is 19.8. The van der Waals surface area contributed by atoms with E-state index in [2.05, 4.69) is 41.8 Å². The normalized spacial score (nSPS) is 10.8. The second-order valence-corrected chi connectivity index (χ2v) is 7.51. The van der Waals surface area contributed by atoms with Gasteiger partial charge in [0.15, 0.2) is 5.82 Å². The van der Waals surface area contributed by atoms with Gasteiger partial charge in [-0.15, -0.1) is 5.10 Å². The highest BCUT2D eigenvalue weighted by Gasteiger charge is 2.15. The number of tetrazole rings is 1. The van der Waals surface area contributed by atoms with Crippen molar-refractivity contribution >= 4 is 27.5 Å². The summed E-state index contributed by atoms with van der Waals surface area (Å²) in [5.74, 6) is -0.471. The maximum absolute atomic E-state index is 14.3. The van der Waals surface area contributed by atoms with Gasteiger partial charge in [-0.25, -0.2) is 4.39 Å². The molecule has 7 nitrogen and oxygen atoms in total. The highest BCUT2D eigenvalue weighted by atomic mass is 79.9. The molecular weight excluding hydrogens is 451 g/mol. The lowest BCUT2D eigenvalue weighted by atomic mass is 10.1. The molecule has 30 heavy (non-hydrogen) atoms. The van der Waals surface area contributed by atoms with Crippen molar-refractivity contribution in [2.45, 2.75) is 13.8 Å². The molecule has 2 aromatic carbocycles. The van der Waals surface area contributed by atoms with Crippen molar-refractivity contribution in [1.82, 2.24) is 25.2 Å². The van der Waals surface area contributed by atoms with Crippen LogP contribution in [0.1, 0.15) is 21.9 Å². The van der Waals surface area contributed by atoms with E-state index in [0.29, 0.717) is 22.8 Å². The third kappa shape index (κ3) is 3.97. The van der Waals surface area contributed by atoms with Crippen LogP contribution >= 0.6 is 15.9 Å². The maximum Gasteiger partial charge on any atom is 0.257 e. The number of aromatic nitrogens is 5. The largest absolute Gasteiger partial charge is 0.319 e. The molecular formula is C21H16BrFN6O. The lowest BCUT2D eigenvalue weighted by molar-refractivity contribution is 0.102. The van der Waals surface area contributed by atoms with E-state index in [1.165, 1.54) is 22.9 Å². The predicted molar refractivity (Wildman–Crippen MR) is 114 cm³/mol. The molecule has 0 aliphatic rings. The molecule has 0 fully saturated rings. The molecule has 2 aromatic heterocycles. The highest BCUT2D eigenvalue weighted by molar-refractivity contribution is 9.10. The maximum atomic E-state index is 14.3. The quantitative estimate of drug-likeness (QED) is 0.478. The summed E-state index contributed by atoms with van der Waals surface area (Å²) >= 11 is 3.44. The Morgan fingerprint density at radius 2 is 1.93 bits per heavy atom. The van der Waals surface area contributed by atoms with Gasteiger partial charge >= 0.3 is 0 Å². The molecule has 2 heterocycles. The fourth-order valence-corrected chi connectivity index (χ4v) is 3.41. The van der Waals surface area contributed by atoms with Gasteiger partial charge in [-0.05, 0) is 66.7 Å². The number of pyridine rings is 1. The molecule has 0 aliphatic heterocycles. The first-order valence-electron chi connectivity index (χ1n) is 9.02. The minimum atomic E-state index is -0.561. The fourth-order valence-electron chi connectivity index (χ4n) is 3.01. The van der Waals surface area contributed by atoms with Gasteiger partial charge in [0.2, 0.25) is 0 Å². The van der Waals surface area contributed by atoms with Crippen LogP contribution in [0, 0.1) is 19.7 Å². The molecule has 1 amide bonds. The summed E-state index contributed by atoms with van der Waals surface area (Å²) in [5.41, 5.74) is 3.13. The highest BCUT2D eigenvalue weighted by Crippen LogP contribution is 2.24. The molecule has 0 bridgehead atoms. The second kappa shape index (κ2) is 8.11. The Kier molecular flexibility index (Phi) is 5.37. The molecule has 1 N–H and O–H groups in total. The molecule has 0 saturated carbocycles. The van der Waals surface area contributed by atoms with Crippen LogP contribution in [0.25, 0.3) is 16.9 Å². The van der Waals surface area contributed by atoms with E-state index < -0.39 is 11.7 Å². The summed E-state index contributed by atoms with van der Waals surface area (Å²) in [7, 11) is 0. The molecule has 0 aliphatic carbocycles. The molecule has 0 radical (unpaired) electrons. The summed E-state index contributed by atoms with van der Waals surface area (Å²) in [6, 6.07) is 15.5. The Bertz CT molecular complexity index is 1260. The molecule has 9 heteroatoms. The zero-order valence-corrected chi connectivity index (χ0v) is 17.7. The summed E-state index contributed by atoms with van der Waals surface area (Å²) in [4.78, 5) is 17.3. The SMILES string of the molecule is Cc1nc(-c2cccc(Br)c2)ccc1C(=O)Nc1cc(-n2nnnc2C)ccc1F. The monoisotopic (exact) mass is 466 g/mol. The number of aryl methyl sites for hydroxylation is 2. The number of halogens is 2. The third-order valence-corrected chi connectivity index (χ3v) is 5.01. The molecule has 150 valence electrons. The number of carbonyl (C=O) groups excluding carboxylic acids is 1. The van der Waals surface area contributed by atoms with Crippen LogP contribution in [0.15, 0.2) is 59.1 Å². The van der Waals surface area contributed by atoms with Crippen molar-refractivity contribution in [2.24, 2.45) is 0 Å². The van der Waals surface area contributed by atoms with Crippen LogP contribution in [0.3, 0.4) is 0 Å². The van der Waals surface area contributed by atoms with Gasteiger partial charge < -0.3 is 5.32 Å². The lowest BCUT2D eigenvalue weighted by Gasteiger charge is -2.11. The standard InChI is InChI=1S/C21H16BrFN6O/c1-12-17(7-9-19(24-12)14-4-3-5-15(22)10-14)21(30)25-20-11-16(6-8-18(20)23)29-13(2)26-27-28-29/h3-11H,1-2H3,(H,25,30). The van der Waals surface area contributed by atoms with Crippen molar-refractivity contribution < 1.29 is 9.18 Å². The second-order valence-electron chi connectivity index (χ2n) is 6.60. The summed E-state index contributed by atoms with van der Waals surface area (Å²) in [6.07, 6.45) is 0. The summed E-state index contributed by atoms with van der Waals surface area (Å²) in [6.45, 7) is 3.47. The van der Waals surface area contributed by atoms with E-state index in [1.807, 2.05) is 24.3 Å². The van der Waals surface area contributed by atoms with Crippen LogP contribution in [-0.2, 0) is 0 Å². The first-order valence-corrected chi connectivity index (χ1v) is 9.81. The van der Waals surface area contributed by atoms with Crippen molar-refractivity contribution in [3.8, 4) is 16.9 Å². The Morgan fingerprint density at radius 3 is 2.63 bits per heavy atom. The average molecular weight is 467 g/mol. The van der Waals surface area contributed by atoms with Crippen molar-refractivity contribution in [1.29, 1.82) is 0 Å². The van der Waals surface area contributed by atoms with Gasteiger partial charge in [0.25, 0.3) is 5.91 Å². The van der Waals surface area contributed by atoms with Gasteiger partial charge in [-0.3, -0.25) is 9.78 Å². The van der Waals surface area contributed by atoms with E-state index in [0.717, 1.165) is 15.7 Å². The van der Waals surface area contributed by atoms with Gasteiger partial charge in [0, 0.05) is 10.0 Å². The zero-order valence-electron chi connectivity index (χ0n) is 16.1. The minimum absolute atomic E-state index is 0.0304. The number of nitrogens with zero attached hydrogens (tertiary/aromatic N) is 5. The van der Waals surface area contributed by atoms with Crippen LogP contribution in [0.4, 0.5) is 10.1 Å². The van der Waals surface area contributed by atoms with Gasteiger partial charge in [0.1, 0.15) is 5.82 Å². The van der Waals surface area contributed by atoms with Gasteiger partial charge in [-0.2, -0.15) is 4.68 Å². The van der Waals surface area contributed by atoms with E-state index in [9.17, 15) is 9.18 Å². The number of rotatable bonds is 4. The van der Waals surface area contributed by atoms with Crippen molar-refractivity contribution in [3.05, 3.63) is 82.0 Å². The lowest BCUT2D eigenvalue weighted by Crippen LogP contribution is -2.15. The number of carbonyl (C=O) groups is 1. The molecule has 0 saturated heterocycles. The topological polar surface area (TPSA) is 85.6 Å². The Labute approximate surface area is 180 Å². The summed E-state index contributed by atoms with van der Waals surface area (Å²) < 4.78 is 16.7. The predicted octanol–water partition coefficient (Wildman–Crippen LogP) is 4.50. The van der Waals surface area contributed by atoms with E-state index in [-0.39, 0.29) is 5.69 Å². The third-order valence-electron chi connectivity index (χ3n) is 4.52. The Balaban J connectivity index is 1.61. The van der Waals surface area contributed by atoms with Crippen molar-refractivity contribution in [3.63, 3.8) is 0 Å². The number of anilines is 1. The van der Waals surface area contributed by atoms with Crippen molar-refractivity contribution in [2.75, 3.05) is 5.32 Å². The first-order chi connectivity index (χ1) is 14.4. The van der Waals surface area contributed by atoms with Gasteiger partial charge in [0.05, 0.1) is 28.3 Å². The van der Waals surface area contributed by atoms with Crippen LogP contribution < -0.4 is 5.32 Å². The van der Waals surface area contributed by atoms with E-state index >= 15 is 0 Å². The molecule has 4 aromatic rings. The average Bonchev–Trinajstić information content (AvgIpc) is 3.15. The Hall–Kier alpha value is -3.46. The number of nitrogens with one attached hydrogen (secondary N) is 1. The number of hydrogen-bond acceptors (Lipinski definition) is 5. The van der Waals surface area contributed by atoms with Crippen LogP contribution in [0.2, 0.25) is 0 Å². The summed E-state index contributed by atoms with van der Waals surface area (Å²) in [5, 5.41) is 13.9. The smallest absolute Gasteiger partial charge is 0.257 e. The Morgan fingerprint density at radius 1 is 1.10 bits per heavy atom. The molecule has 0 spiro atoms. The number of benzene rings is 2. The van der Waals surface area contributed by atoms with Gasteiger partial charge in [-0.1, -0.05) is 28.1 Å². The molecule has 0 atom stereocenters. The molecule has 0 unspecified atom stereocenters. The number of hydrogen-bond donors (Lipinski definition) is 1. The minimum Gasteiger partial charge on any atom is -0.319 e. The van der Waals surface area contributed by atoms with Crippen LogP contribution in [0.5, 0.6) is 0 Å². The van der Waals surface area contributed by atoms with E-state index in [4.69, 9.17) is 0 Å². The fraction of sp³-hybridized carbons (Fsp3) is 0.0952. The number of amides is 1. The van der Waals surface area contributed by atoms with Crippen LogP contribution in [-0.4, -0.2) is 31.1 Å². The zero-order chi connectivity index (χ0) is 21.3. The van der Waals surface area contributed by atoms with E-state index in [1.54, 1.807) is 26.0 Å². The molecule has 4 rings (SSSR count).